The Morgan fingerprint density at radius 2 is 2.00 bits per heavy atom. The number of rotatable bonds is 5. The van der Waals surface area contributed by atoms with Crippen LogP contribution in [0.4, 0.5) is 0 Å². The van der Waals surface area contributed by atoms with Gasteiger partial charge in [-0.05, 0) is 31.1 Å². The molecule has 2 nitrogen and oxygen atoms in total. The van der Waals surface area contributed by atoms with Gasteiger partial charge >= 0.3 is 5.97 Å². The average Bonchev–Trinajstić information content (AvgIpc) is 2.72. The van der Waals surface area contributed by atoms with E-state index in [2.05, 4.69) is 12.1 Å². The second kappa shape index (κ2) is 6.10. The molecule has 0 bridgehead atoms. The van der Waals surface area contributed by atoms with Gasteiger partial charge < -0.3 is 4.74 Å². The summed E-state index contributed by atoms with van der Waals surface area (Å²) >= 11 is 1.65. The van der Waals surface area contributed by atoms with Crippen LogP contribution in [-0.4, -0.2) is 18.3 Å². The summed E-state index contributed by atoms with van der Waals surface area (Å²) < 4.78 is 5.46. The molecule has 1 aromatic rings. The lowest BCUT2D eigenvalue weighted by molar-refractivity contribution is -0.139. The predicted octanol–water partition coefficient (Wildman–Crippen LogP) is 3.57. The normalized spacial score (nSPS) is 19.2. The number of cyclic esters (lactones) is 1. The van der Waals surface area contributed by atoms with Gasteiger partial charge in [0.15, 0.2) is 0 Å². The van der Waals surface area contributed by atoms with E-state index in [1.807, 2.05) is 31.4 Å². The van der Waals surface area contributed by atoms with Crippen molar-refractivity contribution in [3.8, 4) is 0 Å². The zero-order valence-corrected chi connectivity index (χ0v) is 11.6. The van der Waals surface area contributed by atoms with E-state index in [4.69, 9.17) is 4.74 Å². The van der Waals surface area contributed by atoms with Gasteiger partial charge in [-0.15, -0.1) is 11.8 Å². The van der Waals surface area contributed by atoms with E-state index >= 15 is 0 Å². The minimum Gasteiger partial charge on any atom is -0.454 e. The van der Waals surface area contributed by atoms with Gasteiger partial charge in [0, 0.05) is 4.91 Å². The average molecular weight is 262 g/mol. The quantitative estimate of drug-likeness (QED) is 0.759. The van der Waals surface area contributed by atoms with Crippen molar-refractivity contribution in [3.05, 3.63) is 46.4 Å². The first-order valence-corrected chi connectivity index (χ1v) is 7.50. The molecule has 1 atom stereocenters. The largest absolute Gasteiger partial charge is 0.454 e. The van der Waals surface area contributed by atoms with E-state index in [0.29, 0.717) is 0 Å². The van der Waals surface area contributed by atoms with Gasteiger partial charge in [0.05, 0.1) is 5.57 Å². The summed E-state index contributed by atoms with van der Waals surface area (Å²) in [4.78, 5) is 12.8. The summed E-state index contributed by atoms with van der Waals surface area (Å²) in [6.07, 6.45) is 4.55. The second-order valence-electron chi connectivity index (χ2n) is 4.32. The number of hydrogen-bond acceptors (Lipinski definition) is 3. The Balaban J connectivity index is 2.03. The molecule has 0 radical (unpaired) electrons. The Morgan fingerprint density at radius 3 is 2.61 bits per heavy atom. The summed E-state index contributed by atoms with van der Waals surface area (Å²) in [6.45, 7) is 2.01. The minimum absolute atomic E-state index is 0.0392. The first-order valence-electron chi connectivity index (χ1n) is 6.28. The van der Waals surface area contributed by atoms with E-state index in [-0.39, 0.29) is 12.1 Å². The van der Waals surface area contributed by atoms with Crippen molar-refractivity contribution in [1.82, 2.24) is 0 Å². The van der Waals surface area contributed by atoms with Crippen molar-refractivity contribution in [2.75, 3.05) is 6.26 Å². The molecule has 1 aliphatic rings. The van der Waals surface area contributed by atoms with Gasteiger partial charge in [-0.3, -0.25) is 0 Å². The lowest BCUT2D eigenvalue weighted by atomic mass is 10.1. The van der Waals surface area contributed by atoms with Crippen molar-refractivity contribution in [1.29, 1.82) is 0 Å². The number of esters is 1. The van der Waals surface area contributed by atoms with E-state index in [9.17, 15) is 4.79 Å². The van der Waals surface area contributed by atoms with Crippen molar-refractivity contribution < 1.29 is 9.53 Å². The summed E-state index contributed by atoms with van der Waals surface area (Å²) in [5.74, 6) is -0.125. The molecule has 96 valence electrons. The third-order valence-corrected chi connectivity index (χ3v) is 4.15. The van der Waals surface area contributed by atoms with Crippen LogP contribution in [0, 0.1) is 0 Å². The van der Waals surface area contributed by atoms with Crippen molar-refractivity contribution >= 4 is 17.7 Å². The first kappa shape index (κ1) is 13.2. The zero-order valence-electron chi connectivity index (χ0n) is 10.8. The van der Waals surface area contributed by atoms with Crippen LogP contribution in [0.15, 0.2) is 40.8 Å². The maximum Gasteiger partial charge on any atom is 0.335 e. The van der Waals surface area contributed by atoms with Gasteiger partial charge in [-0.2, -0.15) is 0 Å². The summed E-state index contributed by atoms with van der Waals surface area (Å²) in [5, 5.41) is 0. The van der Waals surface area contributed by atoms with Gasteiger partial charge in [-0.1, -0.05) is 37.3 Å². The van der Waals surface area contributed by atoms with Crippen LogP contribution in [-0.2, 0) is 16.0 Å². The third-order valence-electron chi connectivity index (χ3n) is 3.20. The molecule has 1 aliphatic heterocycles. The summed E-state index contributed by atoms with van der Waals surface area (Å²) in [6, 6.07) is 10.3. The Bertz CT molecular complexity index is 451. The smallest absolute Gasteiger partial charge is 0.335 e. The van der Waals surface area contributed by atoms with Crippen molar-refractivity contribution in [2.45, 2.75) is 32.3 Å². The highest BCUT2D eigenvalue weighted by atomic mass is 32.2. The predicted molar refractivity (Wildman–Crippen MR) is 75.5 cm³/mol. The maximum atomic E-state index is 11.7. The topological polar surface area (TPSA) is 26.3 Å². The van der Waals surface area contributed by atoms with Crippen LogP contribution in [0.25, 0.3) is 0 Å². The molecule has 1 aromatic carbocycles. The van der Waals surface area contributed by atoms with Crippen molar-refractivity contribution in [2.24, 2.45) is 0 Å². The molecule has 1 unspecified atom stereocenters. The Labute approximate surface area is 112 Å². The molecule has 0 saturated heterocycles. The fourth-order valence-electron chi connectivity index (χ4n) is 2.25. The Morgan fingerprint density at radius 1 is 1.28 bits per heavy atom. The van der Waals surface area contributed by atoms with Crippen LogP contribution in [0.2, 0.25) is 0 Å². The minimum atomic E-state index is -0.125. The molecule has 0 saturated carbocycles. The number of hydrogen-bond donors (Lipinski definition) is 0. The lowest BCUT2D eigenvalue weighted by Crippen LogP contribution is -2.11. The molecule has 18 heavy (non-hydrogen) atoms. The molecule has 3 heteroatoms. The Kier molecular flexibility index (Phi) is 4.48. The number of thioether (sulfide) groups is 1. The van der Waals surface area contributed by atoms with E-state index in [0.717, 1.165) is 29.7 Å². The van der Waals surface area contributed by atoms with Crippen molar-refractivity contribution in [3.63, 3.8) is 0 Å². The number of carbonyl (C=O) groups excluding carboxylic acids is 1. The standard InChI is InChI=1S/C15H18O2S/c1-3-12-14(18-2)13(17-15(12)16)10-9-11-7-5-4-6-8-11/h4-8,13H,3,9-10H2,1-2H3. The highest BCUT2D eigenvalue weighted by molar-refractivity contribution is 8.02. The van der Waals surface area contributed by atoms with Gasteiger partial charge in [0.2, 0.25) is 0 Å². The number of benzene rings is 1. The number of aryl methyl sites for hydroxylation is 1. The molecule has 0 aliphatic carbocycles. The Hall–Kier alpha value is -1.22. The molecule has 0 spiro atoms. The van der Waals surface area contributed by atoms with Gasteiger partial charge in [0.25, 0.3) is 0 Å². The molecule has 2 rings (SSSR count). The molecule has 0 amide bonds. The monoisotopic (exact) mass is 262 g/mol. The van der Waals surface area contributed by atoms with Crippen LogP contribution in [0.3, 0.4) is 0 Å². The molecule has 0 aromatic heterocycles. The number of carbonyl (C=O) groups is 1. The first-order chi connectivity index (χ1) is 8.76. The van der Waals surface area contributed by atoms with Crippen LogP contribution in [0.5, 0.6) is 0 Å². The fourth-order valence-corrected chi connectivity index (χ4v) is 3.16. The molecular formula is C15H18O2S. The highest BCUT2D eigenvalue weighted by Crippen LogP contribution is 2.34. The lowest BCUT2D eigenvalue weighted by Gasteiger charge is -2.12. The molecular weight excluding hydrogens is 244 g/mol. The van der Waals surface area contributed by atoms with E-state index in [1.165, 1.54) is 5.56 Å². The third kappa shape index (κ3) is 2.78. The second-order valence-corrected chi connectivity index (χ2v) is 5.17. The summed E-state index contributed by atoms with van der Waals surface area (Å²) in [7, 11) is 0. The van der Waals surface area contributed by atoms with Gasteiger partial charge in [0.1, 0.15) is 6.10 Å². The van der Waals surface area contributed by atoms with Crippen LogP contribution < -0.4 is 0 Å². The van der Waals surface area contributed by atoms with Crippen LogP contribution in [0.1, 0.15) is 25.3 Å². The SMILES string of the molecule is CCC1=C(SC)C(CCc2ccccc2)OC1=O. The molecule has 1 heterocycles. The van der Waals surface area contributed by atoms with E-state index < -0.39 is 0 Å². The molecule has 0 fully saturated rings. The fraction of sp³-hybridized carbons (Fsp3) is 0.400. The van der Waals surface area contributed by atoms with Crippen LogP contribution >= 0.6 is 11.8 Å². The highest BCUT2D eigenvalue weighted by Gasteiger charge is 2.31. The molecule has 0 N–H and O–H groups in total. The van der Waals surface area contributed by atoms with Gasteiger partial charge in [-0.25, -0.2) is 4.79 Å². The van der Waals surface area contributed by atoms with E-state index in [1.54, 1.807) is 11.8 Å². The summed E-state index contributed by atoms with van der Waals surface area (Å²) in [5.41, 5.74) is 2.15. The zero-order chi connectivity index (χ0) is 13.0. The maximum absolute atomic E-state index is 11.7. The number of ether oxygens (including phenoxy) is 1.